The summed E-state index contributed by atoms with van der Waals surface area (Å²) in [6.07, 6.45) is 4.22. The predicted octanol–water partition coefficient (Wildman–Crippen LogP) is 2.33. The van der Waals surface area contributed by atoms with Crippen molar-refractivity contribution in [1.82, 2.24) is 10.3 Å². The molecule has 0 saturated heterocycles. The molecule has 4 N–H and O–H groups in total. The minimum Gasteiger partial charge on any atom is -0.348 e. The number of nitrogen functional groups attached to an aromatic ring is 1. The van der Waals surface area contributed by atoms with Gasteiger partial charge in [-0.25, -0.2) is 10.8 Å². The third-order valence-electron chi connectivity index (χ3n) is 3.80. The van der Waals surface area contributed by atoms with Crippen molar-refractivity contribution < 1.29 is 4.79 Å². The Morgan fingerprint density at radius 1 is 1.43 bits per heavy atom. The average molecular weight is 308 g/mol. The number of nitrogens with zero attached hydrogens (tertiary/aromatic N) is 1. The van der Waals surface area contributed by atoms with E-state index in [-0.39, 0.29) is 11.9 Å². The highest BCUT2D eigenvalue weighted by atomic mass is 32.2. The van der Waals surface area contributed by atoms with Gasteiger partial charge < -0.3 is 10.7 Å². The number of hydrazine groups is 1. The number of carbonyl (C=O) groups is 1. The van der Waals surface area contributed by atoms with Crippen molar-refractivity contribution in [3.8, 4) is 0 Å². The highest BCUT2D eigenvalue weighted by Gasteiger charge is 2.28. The van der Waals surface area contributed by atoms with Crippen molar-refractivity contribution in [2.75, 3.05) is 11.2 Å². The van der Waals surface area contributed by atoms with Crippen LogP contribution >= 0.6 is 11.8 Å². The number of hydrogen-bond donors (Lipinski definition) is 3. The summed E-state index contributed by atoms with van der Waals surface area (Å²) in [6, 6.07) is 3.81. The van der Waals surface area contributed by atoms with Gasteiger partial charge in [-0.2, -0.15) is 11.8 Å². The van der Waals surface area contributed by atoms with Crippen LogP contribution in [0.1, 0.15) is 49.2 Å². The molecule has 1 saturated carbocycles. The second-order valence-corrected chi connectivity index (χ2v) is 6.75. The van der Waals surface area contributed by atoms with Crippen molar-refractivity contribution in [3.63, 3.8) is 0 Å². The fraction of sp³-hybridized carbons (Fsp3) is 0.600. The monoisotopic (exact) mass is 308 g/mol. The molecular weight excluding hydrogens is 284 g/mol. The summed E-state index contributed by atoms with van der Waals surface area (Å²) in [5.74, 6) is 7.01. The van der Waals surface area contributed by atoms with Gasteiger partial charge in [0.25, 0.3) is 5.91 Å². The lowest BCUT2D eigenvalue weighted by atomic mass is 10.1. The first-order chi connectivity index (χ1) is 10.2. The Balaban J connectivity index is 2.09. The van der Waals surface area contributed by atoms with Crippen LogP contribution in [0.4, 0.5) is 5.82 Å². The summed E-state index contributed by atoms with van der Waals surface area (Å²) >= 11 is 1.94. The molecular formula is C15H24N4OS. The molecule has 0 aliphatic heterocycles. The van der Waals surface area contributed by atoms with Crippen LogP contribution in [0, 0.1) is 0 Å². The number of pyridine rings is 1. The first-order valence-corrected chi connectivity index (χ1v) is 8.62. The Labute approximate surface area is 130 Å². The van der Waals surface area contributed by atoms with E-state index >= 15 is 0 Å². The standard InChI is InChI=1S/C15H24N4OS/c1-3-11-8-10(9-14(17-11)19-16)15(20)18-12-6-5-7-13(12)21-4-2/h8-9,12-13H,3-7,16H2,1-2H3,(H,17,19)(H,18,20). The van der Waals surface area contributed by atoms with Crippen molar-refractivity contribution in [3.05, 3.63) is 23.4 Å². The molecule has 1 heterocycles. The van der Waals surface area contributed by atoms with Crippen molar-refractivity contribution >= 4 is 23.5 Å². The number of carbonyl (C=O) groups excluding carboxylic acids is 1. The second kappa shape index (κ2) is 7.66. The van der Waals surface area contributed by atoms with E-state index in [0.29, 0.717) is 16.6 Å². The SMILES string of the molecule is CCSC1CCCC1NC(=O)c1cc(CC)nc(NN)c1. The van der Waals surface area contributed by atoms with E-state index in [2.05, 4.69) is 22.7 Å². The molecule has 1 aliphatic carbocycles. The molecule has 1 aliphatic rings. The van der Waals surface area contributed by atoms with E-state index in [1.807, 2.05) is 24.8 Å². The number of rotatable bonds is 6. The number of aryl methyl sites for hydroxylation is 1. The van der Waals surface area contributed by atoms with Gasteiger partial charge in [0, 0.05) is 22.5 Å². The largest absolute Gasteiger partial charge is 0.348 e. The molecule has 1 aromatic rings. The molecule has 1 aromatic heterocycles. The van der Waals surface area contributed by atoms with E-state index in [1.54, 1.807) is 6.07 Å². The van der Waals surface area contributed by atoms with Gasteiger partial charge in [-0.15, -0.1) is 0 Å². The highest BCUT2D eigenvalue weighted by molar-refractivity contribution is 7.99. The molecule has 2 atom stereocenters. The van der Waals surface area contributed by atoms with E-state index in [4.69, 9.17) is 5.84 Å². The molecule has 5 nitrogen and oxygen atoms in total. The molecule has 0 radical (unpaired) electrons. The normalized spacial score (nSPS) is 21.3. The maximum absolute atomic E-state index is 12.5. The molecule has 116 valence electrons. The summed E-state index contributed by atoms with van der Waals surface area (Å²) in [4.78, 5) is 16.8. The minimum absolute atomic E-state index is 0.0304. The number of thioether (sulfide) groups is 1. The lowest BCUT2D eigenvalue weighted by Crippen LogP contribution is -2.38. The van der Waals surface area contributed by atoms with Crippen LogP contribution in [0.25, 0.3) is 0 Å². The third-order valence-corrected chi connectivity index (χ3v) is 5.13. The lowest BCUT2D eigenvalue weighted by Gasteiger charge is -2.20. The molecule has 6 heteroatoms. The number of nitrogens with one attached hydrogen (secondary N) is 2. The molecule has 2 unspecified atom stereocenters. The van der Waals surface area contributed by atoms with E-state index in [9.17, 15) is 4.79 Å². The van der Waals surface area contributed by atoms with Gasteiger partial charge in [0.2, 0.25) is 0 Å². The van der Waals surface area contributed by atoms with E-state index in [1.165, 1.54) is 12.8 Å². The number of nitrogens with two attached hydrogens (primary N) is 1. The Morgan fingerprint density at radius 2 is 2.24 bits per heavy atom. The van der Waals surface area contributed by atoms with Gasteiger partial charge >= 0.3 is 0 Å². The summed E-state index contributed by atoms with van der Waals surface area (Å²) in [5.41, 5.74) is 4.01. The predicted molar refractivity (Wildman–Crippen MR) is 88.5 cm³/mol. The summed E-state index contributed by atoms with van der Waals surface area (Å²) in [5, 5.41) is 3.72. The molecule has 21 heavy (non-hydrogen) atoms. The summed E-state index contributed by atoms with van der Waals surface area (Å²) < 4.78 is 0. The molecule has 1 amide bonds. The Bertz CT molecular complexity index is 472. The van der Waals surface area contributed by atoms with Gasteiger partial charge in [-0.1, -0.05) is 20.3 Å². The maximum atomic E-state index is 12.5. The number of anilines is 1. The van der Waals surface area contributed by atoms with Crippen LogP contribution in [0.3, 0.4) is 0 Å². The average Bonchev–Trinajstić information content (AvgIpc) is 2.94. The van der Waals surface area contributed by atoms with Gasteiger partial charge in [0.05, 0.1) is 0 Å². The Kier molecular flexibility index (Phi) is 5.87. The van der Waals surface area contributed by atoms with Crippen molar-refractivity contribution in [2.45, 2.75) is 50.8 Å². The maximum Gasteiger partial charge on any atom is 0.251 e. The van der Waals surface area contributed by atoms with E-state index in [0.717, 1.165) is 24.3 Å². The van der Waals surface area contributed by atoms with Crippen LogP contribution in [0.15, 0.2) is 12.1 Å². The number of hydrogen-bond acceptors (Lipinski definition) is 5. The first kappa shape index (κ1) is 16.1. The molecule has 0 aromatic carbocycles. The van der Waals surface area contributed by atoms with E-state index < -0.39 is 0 Å². The summed E-state index contributed by atoms with van der Waals surface area (Å²) in [6.45, 7) is 4.17. The number of amides is 1. The van der Waals surface area contributed by atoms with Gasteiger partial charge in [0.15, 0.2) is 0 Å². The van der Waals surface area contributed by atoms with Crippen LogP contribution in [0.2, 0.25) is 0 Å². The Morgan fingerprint density at radius 3 is 2.90 bits per heavy atom. The molecule has 0 spiro atoms. The molecule has 0 bridgehead atoms. The van der Waals surface area contributed by atoms with Gasteiger partial charge in [-0.3, -0.25) is 4.79 Å². The lowest BCUT2D eigenvalue weighted by molar-refractivity contribution is 0.0938. The Hall–Kier alpha value is -1.27. The van der Waals surface area contributed by atoms with Crippen LogP contribution in [-0.4, -0.2) is 27.9 Å². The minimum atomic E-state index is -0.0304. The summed E-state index contributed by atoms with van der Waals surface area (Å²) in [7, 11) is 0. The fourth-order valence-electron chi connectivity index (χ4n) is 2.73. The van der Waals surface area contributed by atoms with Gasteiger partial charge in [0.1, 0.15) is 5.82 Å². The topological polar surface area (TPSA) is 80.0 Å². The first-order valence-electron chi connectivity index (χ1n) is 7.58. The van der Waals surface area contributed by atoms with Crippen LogP contribution < -0.4 is 16.6 Å². The number of aromatic nitrogens is 1. The molecule has 1 fully saturated rings. The van der Waals surface area contributed by atoms with Crippen LogP contribution in [0.5, 0.6) is 0 Å². The zero-order chi connectivity index (χ0) is 15.2. The van der Waals surface area contributed by atoms with Crippen molar-refractivity contribution in [2.24, 2.45) is 5.84 Å². The van der Waals surface area contributed by atoms with Gasteiger partial charge in [-0.05, 0) is 37.1 Å². The quantitative estimate of drug-likeness (QED) is 0.555. The second-order valence-electron chi connectivity index (χ2n) is 5.23. The zero-order valence-electron chi connectivity index (χ0n) is 12.7. The molecule has 2 rings (SSSR count). The fourth-order valence-corrected chi connectivity index (χ4v) is 3.93. The zero-order valence-corrected chi connectivity index (χ0v) is 13.5. The third kappa shape index (κ3) is 4.11. The smallest absolute Gasteiger partial charge is 0.251 e. The highest BCUT2D eigenvalue weighted by Crippen LogP contribution is 2.30. The van der Waals surface area contributed by atoms with Crippen molar-refractivity contribution in [1.29, 1.82) is 0 Å². The van der Waals surface area contributed by atoms with Crippen LogP contribution in [-0.2, 0) is 6.42 Å².